The van der Waals surface area contributed by atoms with Crippen molar-refractivity contribution < 1.29 is 23.5 Å². The van der Waals surface area contributed by atoms with Crippen LogP contribution >= 0.6 is 0 Å². The van der Waals surface area contributed by atoms with E-state index in [1.807, 2.05) is 31.1 Å². The maximum absolute atomic E-state index is 13.0. The van der Waals surface area contributed by atoms with Crippen LogP contribution in [-0.2, 0) is 28.4 Å². The number of carbonyl (C=O) groups excluding carboxylic acids is 3. The second-order valence-corrected chi connectivity index (χ2v) is 14.2. The van der Waals surface area contributed by atoms with Gasteiger partial charge in [-0.15, -0.1) is 10.2 Å². The lowest BCUT2D eigenvalue weighted by atomic mass is 9.90. The van der Waals surface area contributed by atoms with Gasteiger partial charge in [0.05, 0.1) is 36.0 Å². The predicted molar refractivity (Wildman–Crippen MR) is 207 cm³/mol. The maximum atomic E-state index is 13.0. The molecule has 284 valence electrons. The third-order valence-electron chi connectivity index (χ3n) is 10.7. The van der Waals surface area contributed by atoms with E-state index in [4.69, 9.17) is 9.15 Å². The number of hydrogen-bond donors (Lipinski definition) is 2. The summed E-state index contributed by atoms with van der Waals surface area (Å²) in [4.78, 5) is 60.9. The molecule has 0 radical (unpaired) electrons. The molecule has 2 fully saturated rings. The number of imide groups is 1. The largest absolute Gasteiger partial charge is 0.464 e. The van der Waals surface area contributed by atoms with Crippen molar-refractivity contribution in [3.63, 3.8) is 0 Å². The van der Waals surface area contributed by atoms with Gasteiger partial charge in [0, 0.05) is 74.7 Å². The fraction of sp³-hybridized carbons (Fsp3) is 0.317. The average Bonchev–Trinajstić information content (AvgIpc) is 3.73. The molecular formula is C41H39N9O6. The summed E-state index contributed by atoms with van der Waals surface area (Å²) in [6, 6.07) is 11.3. The minimum atomic E-state index is -0.473. The quantitative estimate of drug-likeness (QED) is 0.177. The number of furan rings is 1. The van der Waals surface area contributed by atoms with Crippen molar-refractivity contribution in [1.29, 1.82) is 0 Å². The van der Waals surface area contributed by atoms with Gasteiger partial charge in [-0.2, -0.15) is 0 Å². The van der Waals surface area contributed by atoms with Crippen molar-refractivity contribution in [3.05, 3.63) is 93.5 Å². The van der Waals surface area contributed by atoms with Gasteiger partial charge in [-0.3, -0.25) is 33.8 Å². The average molecular weight is 754 g/mol. The second-order valence-electron chi connectivity index (χ2n) is 14.2. The monoisotopic (exact) mass is 753 g/mol. The third kappa shape index (κ3) is 6.79. The molecule has 6 heterocycles. The summed E-state index contributed by atoms with van der Waals surface area (Å²) in [6.07, 6.45) is 7.18. The Bertz CT molecular complexity index is 2660. The Labute approximate surface area is 321 Å². The first-order chi connectivity index (χ1) is 27.1. The predicted octanol–water partition coefficient (Wildman–Crippen LogP) is 4.14. The van der Waals surface area contributed by atoms with Crippen molar-refractivity contribution in [3.8, 4) is 23.2 Å². The number of pyridine rings is 1. The summed E-state index contributed by atoms with van der Waals surface area (Å²) in [7, 11) is 5.49. The Balaban J connectivity index is 0.937. The van der Waals surface area contributed by atoms with E-state index in [0.29, 0.717) is 59.1 Å². The Kier molecular flexibility index (Phi) is 9.65. The highest BCUT2D eigenvalue weighted by Gasteiger charge is 2.30. The molecule has 15 heteroatoms. The molecule has 0 spiro atoms. The summed E-state index contributed by atoms with van der Waals surface area (Å²) in [5.41, 5.74) is 7.17. The number of nitrogens with zero attached hydrogens (tertiary/aromatic N) is 7. The number of aryl methyl sites for hydroxylation is 3. The fourth-order valence-corrected chi connectivity index (χ4v) is 7.55. The Morgan fingerprint density at radius 1 is 1.00 bits per heavy atom. The molecule has 3 amide bonds. The van der Waals surface area contributed by atoms with Crippen LogP contribution in [0.2, 0.25) is 0 Å². The van der Waals surface area contributed by atoms with Crippen LogP contribution in [0.5, 0.6) is 0 Å². The van der Waals surface area contributed by atoms with Crippen LogP contribution in [0.15, 0.2) is 64.3 Å². The van der Waals surface area contributed by atoms with E-state index in [2.05, 4.69) is 48.7 Å². The molecule has 56 heavy (non-hydrogen) atoms. The molecular weight excluding hydrogens is 715 g/mol. The Morgan fingerprint density at radius 2 is 1.82 bits per heavy atom. The van der Waals surface area contributed by atoms with E-state index in [1.165, 1.54) is 6.20 Å². The number of aromatic nitrogens is 6. The summed E-state index contributed by atoms with van der Waals surface area (Å²) >= 11 is 0. The van der Waals surface area contributed by atoms with Gasteiger partial charge < -0.3 is 19.4 Å². The molecule has 0 aliphatic carbocycles. The number of rotatable bonds is 7. The first-order valence-corrected chi connectivity index (χ1v) is 18.4. The lowest BCUT2D eigenvalue weighted by Gasteiger charge is -2.25. The number of imidazole rings is 1. The number of carbonyl (C=O) groups is 3. The highest BCUT2D eigenvalue weighted by atomic mass is 16.5. The highest BCUT2D eigenvalue weighted by Crippen LogP contribution is 2.37. The number of piperidine rings is 1. The number of anilines is 2. The van der Waals surface area contributed by atoms with Gasteiger partial charge in [-0.25, -0.2) is 9.78 Å². The van der Waals surface area contributed by atoms with Crippen LogP contribution in [0.4, 0.5) is 11.5 Å². The number of nitrogens with one attached hydrogen (secondary N) is 2. The Hall–Kier alpha value is -6.66. The number of hydrogen-bond acceptors (Lipinski definition) is 11. The molecule has 8 rings (SSSR count). The van der Waals surface area contributed by atoms with Gasteiger partial charge in [0.25, 0.3) is 5.91 Å². The number of ether oxygens (including phenoxy) is 1. The summed E-state index contributed by atoms with van der Waals surface area (Å²) in [5.74, 6) is 5.71. The minimum absolute atomic E-state index is 0.0793. The molecule has 1 unspecified atom stereocenters. The lowest BCUT2D eigenvalue weighted by Crippen LogP contribution is -2.39. The lowest BCUT2D eigenvalue weighted by molar-refractivity contribution is -0.134. The van der Waals surface area contributed by atoms with Crippen LogP contribution in [0.25, 0.3) is 33.4 Å². The van der Waals surface area contributed by atoms with Crippen molar-refractivity contribution in [2.45, 2.75) is 44.4 Å². The van der Waals surface area contributed by atoms with Crippen molar-refractivity contribution in [2.24, 2.45) is 14.1 Å². The first kappa shape index (κ1) is 36.3. The molecule has 2 aliphatic heterocycles. The van der Waals surface area contributed by atoms with Gasteiger partial charge in [0.15, 0.2) is 11.6 Å². The van der Waals surface area contributed by atoms with Crippen LogP contribution in [-0.4, -0.2) is 73.8 Å². The fourth-order valence-electron chi connectivity index (χ4n) is 7.55. The number of amides is 3. The minimum Gasteiger partial charge on any atom is -0.464 e. The van der Waals surface area contributed by atoms with E-state index in [-0.39, 0.29) is 48.0 Å². The third-order valence-corrected chi connectivity index (χ3v) is 10.7. The summed E-state index contributed by atoms with van der Waals surface area (Å²) in [6.45, 7) is 3.23. The zero-order chi connectivity index (χ0) is 39.1. The molecule has 2 aromatic carbocycles. The van der Waals surface area contributed by atoms with Crippen LogP contribution in [0, 0.1) is 18.8 Å². The second kappa shape index (κ2) is 14.9. The highest BCUT2D eigenvalue weighted by molar-refractivity contribution is 6.03. The molecule has 2 aliphatic rings. The SMILES string of the molecule is Cc1cc(-c2ncc(N(C)c3cc(C4CCOCC4)c4c(c3)n(C)c(=O)n4C)nn2)cnc1C(=O)NCC#Cc1ccc2occ(C3CCC(=O)NC3=O)c2c1. The topological polar surface area (TPSA) is 179 Å². The zero-order valence-electron chi connectivity index (χ0n) is 31.4. The normalized spacial score (nSPS) is 16.1. The summed E-state index contributed by atoms with van der Waals surface area (Å²) < 4.78 is 14.7. The zero-order valence-corrected chi connectivity index (χ0v) is 31.4. The van der Waals surface area contributed by atoms with Crippen molar-refractivity contribution in [1.82, 2.24) is 39.9 Å². The molecule has 6 aromatic rings. The first-order valence-electron chi connectivity index (χ1n) is 18.4. The maximum Gasteiger partial charge on any atom is 0.328 e. The van der Waals surface area contributed by atoms with E-state index >= 15 is 0 Å². The number of fused-ring (bicyclic) bond motifs is 2. The van der Waals surface area contributed by atoms with E-state index in [0.717, 1.165) is 40.5 Å². The van der Waals surface area contributed by atoms with E-state index < -0.39 is 5.92 Å². The van der Waals surface area contributed by atoms with Crippen LogP contribution < -0.4 is 21.2 Å². The van der Waals surface area contributed by atoms with E-state index in [1.54, 1.807) is 53.8 Å². The van der Waals surface area contributed by atoms with Gasteiger partial charge in [0.1, 0.15) is 11.3 Å². The van der Waals surface area contributed by atoms with Crippen molar-refractivity contribution >= 4 is 51.2 Å². The van der Waals surface area contributed by atoms with Crippen molar-refractivity contribution in [2.75, 3.05) is 31.7 Å². The Morgan fingerprint density at radius 3 is 2.57 bits per heavy atom. The summed E-state index contributed by atoms with van der Waals surface area (Å²) in [5, 5.41) is 14.8. The molecule has 2 N–H and O–H groups in total. The molecule has 1 atom stereocenters. The van der Waals surface area contributed by atoms with Crippen LogP contribution in [0.1, 0.15) is 70.3 Å². The molecule has 4 aromatic heterocycles. The smallest absolute Gasteiger partial charge is 0.328 e. The van der Waals surface area contributed by atoms with Crippen LogP contribution in [0.3, 0.4) is 0 Å². The molecule has 0 bridgehead atoms. The van der Waals surface area contributed by atoms with Gasteiger partial charge in [-0.1, -0.05) is 11.8 Å². The molecule has 2 saturated heterocycles. The standard InChI is InChI=1S/C41H39N9O6/c1-23-16-26(20-43-36(23)40(53)42-13-5-6-24-7-9-33-30(17-24)31(22-56-33)28-8-10-35(51)45-39(28)52)38-44-21-34(46-47-38)48(2)27-18-29(25-11-14-55-15-12-25)37-32(19-27)49(3)41(54)50(37)4/h7,9,16-22,25,28H,8,10-15H2,1-4H3,(H,42,53)(H,45,51,52). The van der Waals surface area contributed by atoms with Gasteiger partial charge in [0.2, 0.25) is 11.8 Å². The van der Waals surface area contributed by atoms with E-state index in [9.17, 15) is 19.2 Å². The molecule has 15 nitrogen and oxygen atoms in total. The van der Waals surface area contributed by atoms with Gasteiger partial charge in [-0.05, 0) is 79.6 Å². The molecule has 0 saturated carbocycles. The van der Waals surface area contributed by atoms with Gasteiger partial charge >= 0.3 is 5.69 Å². The number of benzene rings is 2.